The summed E-state index contributed by atoms with van der Waals surface area (Å²) in [6, 6.07) is 0. The van der Waals surface area contributed by atoms with E-state index in [1.165, 1.54) is 0 Å². The number of aliphatic hydroxyl groups is 1. The molecule has 0 saturated heterocycles. The quantitative estimate of drug-likeness (QED) is 0.598. The number of halogens is 1. The van der Waals surface area contributed by atoms with E-state index in [2.05, 4.69) is 0 Å². The molecule has 11 heavy (non-hydrogen) atoms. The van der Waals surface area contributed by atoms with E-state index in [-0.39, 0.29) is 24.0 Å². The lowest BCUT2D eigenvalue weighted by molar-refractivity contribution is -0.151. The zero-order valence-electron chi connectivity index (χ0n) is 7.55. The van der Waals surface area contributed by atoms with Crippen LogP contribution in [-0.2, 0) is 4.74 Å². The van der Waals surface area contributed by atoms with Gasteiger partial charge in [-0.3, -0.25) is 0 Å². The van der Waals surface area contributed by atoms with Crippen LogP contribution in [0.1, 0.15) is 27.7 Å². The van der Waals surface area contributed by atoms with Crippen molar-refractivity contribution >= 4 is 24.0 Å². The monoisotopic (exact) mass is 275 g/mol. The van der Waals surface area contributed by atoms with Crippen LogP contribution in [-0.4, -0.2) is 23.0 Å². The zero-order chi connectivity index (χ0) is 8.41. The Kier molecular flexibility index (Phi) is 5.91. The van der Waals surface area contributed by atoms with Gasteiger partial charge < -0.3 is 15.6 Å². The molecule has 0 spiro atoms. The molecular weight excluding hydrogens is 257 g/mol. The summed E-state index contributed by atoms with van der Waals surface area (Å²) in [5.41, 5.74) is 3.68. The Morgan fingerprint density at radius 2 is 1.73 bits per heavy atom. The van der Waals surface area contributed by atoms with E-state index >= 15 is 0 Å². The van der Waals surface area contributed by atoms with Crippen LogP contribution in [0, 0.1) is 0 Å². The Bertz CT molecular complexity index is 109. The largest absolute Gasteiger partial charge is 0.386 e. The van der Waals surface area contributed by atoms with Gasteiger partial charge in [-0.05, 0) is 27.7 Å². The van der Waals surface area contributed by atoms with Gasteiger partial charge in [-0.25, -0.2) is 0 Å². The van der Waals surface area contributed by atoms with Crippen molar-refractivity contribution in [1.29, 1.82) is 0 Å². The van der Waals surface area contributed by atoms with Gasteiger partial charge in [0.2, 0.25) is 0 Å². The molecule has 3 N–H and O–H groups in total. The minimum absolute atomic E-state index is 0. The molecule has 3 nitrogen and oxygen atoms in total. The molecule has 0 radical (unpaired) electrons. The molecule has 0 rings (SSSR count). The predicted molar refractivity (Wildman–Crippen MR) is 55.9 cm³/mol. The fourth-order valence-corrected chi connectivity index (χ4v) is 0.476. The molecule has 0 amide bonds. The van der Waals surface area contributed by atoms with E-state index in [9.17, 15) is 5.11 Å². The molecule has 0 aliphatic carbocycles. The van der Waals surface area contributed by atoms with Crippen molar-refractivity contribution < 1.29 is 9.84 Å². The maximum Gasteiger partial charge on any atom is 0.142 e. The average molecular weight is 275 g/mol. The van der Waals surface area contributed by atoms with Gasteiger partial charge in [0.1, 0.15) is 11.3 Å². The molecule has 0 aromatic carbocycles. The van der Waals surface area contributed by atoms with Gasteiger partial charge in [-0.2, -0.15) is 0 Å². The lowest BCUT2D eigenvalue weighted by Gasteiger charge is -2.36. The fraction of sp³-hybridized carbons (Fsp3) is 1.00. The Hall–Kier alpha value is 0.610. The van der Waals surface area contributed by atoms with Crippen LogP contribution in [0.25, 0.3) is 0 Å². The molecule has 0 bridgehead atoms. The molecule has 0 aromatic heterocycles. The van der Waals surface area contributed by atoms with Crippen LogP contribution >= 0.6 is 24.0 Å². The van der Waals surface area contributed by atoms with Crippen molar-refractivity contribution in [2.75, 3.05) is 6.61 Å². The highest BCUT2D eigenvalue weighted by atomic mass is 127. The Morgan fingerprint density at radius 3 is 1.82 bits per heavy atom. The standard InChI is InChI=1S/C7H17NO2.HI/c1-5-10-7(4,8)6(2,3)9;/h9H,5,8H2,1-4H3;1H. The first-order valence-corrected chi connectivity index (χ1v) is 3.46. The first-order chi connectivity index (χ1) is 4.31. The second-order valence-corrected chi connectivity index (χ2v) is 3.10. The number of nitrogens with two attached hydrogens (primary N) is 1. The fourth-order valence-electron chi connectivity index (χ4n) is 0.476. The van der Waals surface area contributed by atoms with Gasteiger partial charge in [0.05, 0.1) is 0 Å². The molecular formula is C7H18INO2. The van der Waals surface area contributed by atoms with Gasteiger partial charge in [0.25, 0.3) is 0 Å². The van der Waals surface area contributed by atoms with Gasteiger partial charge in [-0.15, -0.1) is 24.0 Å². The highest BCUT2D eigenvalue weighted by Gasteiger charge is 2.36. The first kappa shape index (κ1) is 14.2. The highest BCUT2D eigenvalue weighted by molar-refractivity contribution is 14.0. The third-order valence-corrected chi connectivity index (χ3v) is 1.66. The van der Waals surface area contributed by atoms with Crippen molar-refractivity contribution in [2.24, 2.45) is 5.73 Å². The van der Waals surface area contributed by atoms with E-state index in [0.29, 0.717) is 6.61 Å². The lowest BCUT2D eigenvalue weighted by atomic mass is 9.97. The summed E-state index contributed by atoms with van der Waals surface area (Å²) in [4.78, 5) is 0. The molecule has 1 atom stereocenters. The first-order valence-electron chi connectivity index (χ1n) is 3.46. The predicted octanol–water partition coefficient (Wildman–Crippen LogP) is 1.09. The molecule has 0 aliphatic rings. The maximum absolute atomic E-state index is 9.43. The summed E-state index contributed by atoms with van der Waals surface area (Å²) in [5, 5.41) is 9.43. The van der Waals surface area contributed by atoms with Crippen molar-refractivity contribution in [1.82, 2.24) is 0 Å². The van der Waals surface area contributed by atoms with Gasteiger partial charge in [0.15, 0.2) is 0 Å². The molecule has 0 heterocycles. The summed E-state index contributed by atoms with van der Waals surface area (Å²) >= 11 is 0. The smallest absolute Gasteiger partial charge is 0.142 e. The minimum atomic E-state index is -0.997. The SMILES string of the molecule is CCOC(C)(N)C(C)(C)O.I. The van der Waals surface area contributed by atoms with Crippen LogP contribution in [0.3, 0.4) is 0 Å². The van der Waals surface area contributed by atoms with Gasteiger partial charge >= 0.3 is 0 Å². The third kappa shape index (κ3) is 4.25. The number of ether oxygens (including phenoxy) is 1. The van der Waals surface area contributed by atoms with E-state index in [0.717, 1.165) is 0 Å². The van der Waals surface area contributed by atoms with Crippen LogP contribution in [0.15, 0.2) is 0 Å². The normalized spacial score (nSPS) is 16.9. The van der Waals surface area contributed by atoms with E-state index in [1.807, 2.05) is 6.92 Å². The molecule has 0 aliphatic heterocycles. The Morgan fingerprint density at radius 1 is 1.36 bits per heavy atom. The molecule has 0 fully saturated rings. The summed E-state index contributed by atoms with van der Waals surface area (Å²) < 4.78 is 5.12. The maximum atomic E-state index is 9.43. The van der Waals surface area contributed by atoms with E-state index in [4.69, 9.17) is 10.5 Å². The second-order valence-electron chi connectivity index (χ2n) is 3.10. The van der Waals surface area contributed by atoms with Crippen molar-refractivity contribution in [3.05, 3.63) is 0 Å². The minimum Gasteiger partial charge on any atom is -0.386 e. The van der Waals surface area contributed by atoms with Crippen LogP contribution in [0.2, 0.25) is 0 Å². The van der Waals surface area contributed by atoms with Gasteiger partial charge in [-0.1, -0.05) is 0 Å². The van der Waals surface area contributed by atoms with Crippen molar-refractivity contribution in [2.45, 2.75) is 39.0 Å². The van der Waals surface area contributed by atoms with Crippen molar-refractivity contribution in [3.8, 4) is 0 Å². The summed E-state index contributed by atoms with van der Waals surface area (Å²) in [7, 11) is 0. The summed E-state index contributed by atoms with van der Waals surface area (Å²) in [5.74, 6) is 0. The summed E-state index contributed by atoms with van der Waals surface area (Å²) in [6.45, 7) is 7.27. The Labute approximate surface area is 85.3 Å². The number of hydrogen-bond donors (Lipinski definition) is 2. The second kappa shape index (κ2) is 4.59. The molecule has 0 saturated carbocycles. The lowest BCUT2D eigenvalue weighted by Crippen LogP contribution is -2.56. The highest BCUT2D eigenvalue weighted by Crippen LogP contribution is 2.19. The van der Waals surface area contributed by atoms with Crippen LogP contribution in [0.4, 0.5) is 0 Å². The van der Waals surface area contributed by atoms with E-state index in [1.54, 1.807) is 20.8 Å². The number of hydrogen-bond acceptors (Lipinski definition) is 3. The van der Waals surface area contributed by atoms with E-state index < -0.39 is 11.3 Å². The molecule has 0 aromatic rings. The third-order valence-electron chi connectivity index (χ3n) is 1.66. The molecule has 1 unspecified atom stereocenters. The number of rotatable bonds is 3. The molecule has 70 valence electrons. The average Bonchev–Trinajstić information content (AvgIpc) is 1.61. The summed E-state index contributed by atoms with van der Waals surface area (Å²) in [6.07, 6.45) is 0. The topological polar surface area (TPSA) is 55.5 Å². The molecule has 4 heteroatoms. The van der Waals surface area contributed by atoms with Crippen LogP contribution < -0.4 is 5.73 Å². The van der Waals surface area contributed by atoms with Crippen LogP contribution in [0.5, 0.6) is 0 Å². The van der Waals surface area contributed by atoms with Gasteiger partial charge in [0, 0.05) is 6.61 Å². The zero-order valence-corrected chi connectivity index (χ0v) is 9.88. The van der Waals surface area contributed by atoms with Crippen molar-refractivity contribution in [3.63, 3.8) is 0 Å². The Balaban J connectivity index is 0.